The van der Waals surface area contributed by atoms with Gasteiger partial charge in [0.25, 0.3) is 0 Å². The molecule has 1 aromatic carbocycles. The van der Waals surface area contributed by atoms with Gasteiger partial charge in [0.15, 0.2) is 5.82 Å². The van der Waals surface area contributed by atoms with Gasteiger partial charge in [0.1, 0.15) is 0 Å². The quantitative estimate of drug-likeness (QED) is 0.658. The minimum atomic E-state index is -0.276. The molecule has 1 atom stereocenters. The molecule has 0 aliphatic rings. The Balaban J connectivity index is 2.23. The summed E-state index contributed by atoms with van der Waals surface area (Å²) in [7, 11) is 3.44. The summed E-state index contributed by atoms with van der Waals surface area (Å²) in [5, 5.41) is 8.41. The molecule has 0 bridgehead atoms. The minimum absolute atomic E-state index is 0.00649. The summed E-state index contributed by atoms with van der Waals surface area (Å²) in [5.74, 6) is 6.61. The van der Waals surface area contributed by atoms with Gasteiger partial charge < -0.3 is 10.7 Å². The predicted molar refractivity (Wildman–Crippen MR) is 87.3 cm³/mol. The fraction of sp³-hybridized carbons (Fsp3) is 0.308. The van der Waals surface area contributed by atoms with E-state index in [1.807, 2.05) is 31.2 Å². The van der Waals surface area contributed by atoms with Crippen molar-refractivity contribution >= 4 is 33.6 Å². The highest BCUT2D eigenvalue weighted by molar-refractivity contribution is 9.10. The number of amides is 1. The number of nitrogen functional groups attached to an aromatic ring is 1. The van der Waals surface area contributed by atoms with Crippen LogP contribution < -0.4 is 5.84 Å². The molecule has 6 nitrogen and oxygen atoms in total. The number of nitrogens with zero attached hydrogens (tertiary/aromatic N) is 4. The molecule has 0 saturated heterocycles. The van der Waals surface area contributed by atoms with Crippen LogP contribution in [0.15, 0.2) is 33.9 Å². The molecule has 0 radical (unpaired) electrons. The van der Waals surface area contributed by atoms with E-state index >= 15 is 0 Å². The molecular formula is C13H16BrN5OS. The van der Waals surface area contributed by atoms with Crippen molar-refractivity contribution < 1.29 is 4.79 Å². The second-order valence-corrected chi connectivity index (χ2v) is 6.90. The minimum Gasteiger partial charge on any atom is -0.348 e. The van der Waals surface area contributed by atoms with Crippen molar-refractivity contribution in [2.24, 2.45) is 0 Å². The Kier molecular flexibility index (Phi) is 4.89. The summed E-state index contributed by atoms with van der Waals surface area (Å²) in [6, 6.07) is 7.64. The summed E-state index contributed by atoms with van der Waals surface area (Å²) in [6.07, 6.45) is 0. The fourth-order valence-electron chi connectivity index (χ4n) is 1.75. The number of rotatable bonds is 4. The zero-order valence-corrected chi connectivity index (χ0v) is 14.3. The lowest BCUT2D eigenvalue weighted by Crippen LogP contribution is -2.30. The van der Waals surface area contributed by atoms with Gasteiger partial charge in [0, 0.05) is 24.1 Å². The molecule has 0 spiro atoms. The first-order chi connectivity index (χ1) is 9.90. The Labute approximate surface area is 135 Å². The Morgan fingerprint density at radius 2 is 2.14 bits per heavy atom. The van der Waals surface area contributed by atoms with Crippen molar-refractivity contribution in [1.82, 2.24) is 19.8 Å². The third kappa shape index (κ3) is 3.56. The van der Waals surface area contributed by atoms with Gasteiger partial charge in [-0.1, -0.05) is 39.8 Å². The van der Waals surface area contributed by atoms with Gasteiger partial charge in [-0.05, 0) is 19.1 Å². The lowest BCUT2D eigenvalue weighted by molar-refractivity contribution is -0.127. The SMILES string of the molecule is C[C@@H](Sc1nnc(-c2cccc(Br)c2)n1N)C(=O)N(C)C. The topological polar surface area (TPSA) is 77.0 Å². The smallest absolute Gasteiger partial charge is 0.235 e. The lowest BCUT2D eigenvalue weighted by atomic mass is 10.2. The van der Waals surface area contributed by atoms with Crippen LogP contribution in [0.5, 0.6) is 0 Å². The van der Waals surface area contributed by atoms with Crippen molar-refractivity contribution in [1.29, 1.82) is 0 Å². The number of carbonyl (C=O) groups is 1. The van der Waals surface area contributed by atoms with E-state index in [0.717, 1.165) is 10.0 Å². The van der Waals surface area contributed by atoms with Crippen LogP contribution in [-0.2, 0) is 4.79 Å². The summed E-state index contributed by atoms with van der Waals surface area (Å²) >= 11 is 4.70. The zero-order valence-electron chi connectivity index (χ0n) is 11.9. The molecule has 2 aromatic rings. The second kappa shape index (κ2) is 6.48. The monoisotopic (exact) mass is 369 g/mol. The number of benzene rings is 1. The van der Waals surface area contributed by atoms with Gasteiger partial charge in [-0.25, -0.2) is 4.68 Å². The average Bonchev–Trinajstić information content (AvgIpc) is 2.79. The van der Waals surface area contributed by atoms with E-state index in [0.29, 0.717) is 11.0 Å². The second-order valence-electron chi connectivity index (χ2n) is 4.68. The largest absolute Gasteiger partial charge is 0.348 e. The van der Waals surface area contributed by atoms with Crippen LogP contribution in [0.2, 0.25) is 0 Å². The Hall–Kier alpha value is -1.54. The molecule has 2 rings (SSSR count). The highest BCUT2D eigenvalue weighted by atomic mass is 79.9. The van der Waals surface area contributed by atoms with E-state index in [-0.39, 0.29) is 11.2 Å². The lowest BCUT2D eigenvalue weighted by Gasteiger charge is -2.15. The normalized spacial score (nSPS) is 12.2. The van der Waals surface area contributed by atoms with Gasteiger partial charge in [0.05, 0.1) is 5.25 Å². The van der Waals surface area contributed by atoms with Gasteiger partial charge in [-0.2, -0.15) is 0 Å². The van der Waals surface area contributed by atoms with Crippen LogP contribution in [0.4, 0.5) is 0 Å². The van der Waals surface area contributed by atoms with Gasteiger partial charge in [0.2, 0.25) is 11.1 Å². The standard InChI is InChI=1S/C13H16BrN5OS/c1-8(12(20)18(2)3)21-13-17-16-11(19(13)15)9-5-4-6-10(14)7-9/h4-8H,15H2,1-3H3/t8-/m1/s1. The van der Waals surface area contributed by atoms with Crippen LogP contribution in [0.1, 0.15) is 6.92 Å². The van der Waals surface area contributed by atoms with Crippen molar-refractivity contribution in [3.05, 3.63) is 28.7 Å². The number of hydrogen-bond acceptors (Lipinski definition) is 5. The van der Waals surface area contributed by atoms with Crippen molar-refractivity contribution in [2.75, 3.05) is 19.9 Å². The third-order valence-corrected chi connectivity index (χ3v) is 4.36. The van der Waals surface area contributed by atoms with E-state index < -0.39 is 0 Å². The number of halogens is 1. The summed E-state index contributed by atoms with van der Waals surface area (Å²) < 4.78 is 2.35. The van der Waals surface area contributed by atoms with E-state index in [1.165, 1.54) is 16.4 Å². The van der Waals surface area contributed by atoms with E-state index in [1.54, 1.807) is 19.0 Å². The molecule has 8 heteroatoms. The van der Waals surface area contributed by atoms with E-state index in [4.69, 9.17) is 5.84 Å². The maximum Gasteiger partial charge on any atom is 0.235 e. The highest BCUT2D eigenvalue weighted by Crippen LogP contribution is 2.26. The maximum atomic E-state index is 11.9. The number of nitrogens with two attached hydrogens (primary N) is 1. The summed E-state index contributed by atoms with van der Waals surface area (Å²) in [4.78, 5) is 13.4. The van der Waals surface area contributed by atoms with Gasteiger partial charge in [-0.15, -0.1) is 10.2 Å². The first-order valence-corrected chi connectivity index (χ1v) is 7.91. The highest BCUT2D eigenvalue weighted by Gasteiger charge is 2.20. The van der Waals surface area contributed by atoms with Gasteiger partial charge in [-0.3, -0.25) is 4.79 Å². The molecule has 2 N–H and O–H groups in total. The Morgan fingerprint density at radius 3 is 2.76 bits per heavy atom. The summed E-state index contributed by atoms with van der Waals surface area (Å²) in [5.41, 5.74) is 0.859. The summed E-state index contributed by atoms with van der Waals surface area (Å²) in [6.45, 7) is 1.82. The molecular weight excluding hydrogens is 354 g/mol. The number of aromatic nitrogens is 3. The van der Waals surface area contributed by atoms with Gasteiger partial charge >= 0.3 is 0 Å². The predicted octanol–water partition coefficient (Wildman–Crippen LogP) is 1.99. The molecule has 0 aliphatic carbocycles. The fourth-order valence-corrected chi connectivity index (χ4v) is 3.07. The number of carbonyl (C=O) groups excluding carboxylic acids is 1. The molecule has 21 heavy (non-hydrogen) atoms. The number of hydrogen-bond donors (Lipinski definition) is 1. The molecule has 0 unspecified atom stereocenters. The van der Waals surface area contributed by atoms with Crippen LogP contribution in [0.25, 0.3) is 11.4 Å². The zero-order chi connectivity index (χ0) is 15.6. The third-order valence-electron chi connectivity index (χ3n) is 2.82. The first kappa shape index (κ1) is 15.8. The Morgan fingerprint density at radius 1 is 1.43 bits per heavy atom. The first-order valence-electron chi connectivity index (χ1n) is 6.24. The van der Waals surface area contributed by atoms with Crippen LogP contribution in [0.3, 0.4) is 0 Å². The average molecular weight is 370 g/mol. The van der Waals surface area contributed by atoms with Crippen LogP contribution in [-0.4, -0.2) is 45.0 Å². The molecule has 0 aliphatic heterocycles. The molecule has 0 fully saturated rings. The van der Waals surface area contributed by atoms with E-state index in [9.17, 15) is 4.79 Å². The molecule has 0 saturated carbocycles. The van der Waals surface area contributed by atoms with Crippen LogP contribution >= 0.6 is 27.7 Å². The van der Waals surface area contributed by atoms with Crippen LogP contribution in [0, 0.1) is 0 Å². The number of thioether (sulfide) groups is 1. The maximum absolute atomic E-state index is 11.9. The molecule has 1 aromatic heterocycles. The van der Waals surface area contributed by atoms with E-state index in [2.05, 4.69) is 26.1 Å². The van der Waals surface area contributed by atoms with Crippen molar-refractivity contribution in [3.8, 4) is 11.4 Å². The van der Waals surface area contributed by atoms with Crippen molar-refractivity contribution in [3.63, 3.8) is 0 Å². The van der Waals surface area contributed by atoms with Crippen molar-refractivity contribution in [2.45, 2.75) is 17.3 Å². The Bertz CT molecular complexity index is 658. The molecule has 1 amide bonds. The molecule has 112 valence electrons. The molecule has 1 heterocycles.